The summed E-state index contributed by atoms with van der Waals surface area (Å²) in [6.07, 6.45) is 0. The maximum absolute atomic E-state index is 11.3. The average molecular weight is 341 g/mol. The van der Waals surface area contributed by atoms with Crippen LogP contribution in [0, 0.1) is 6.92 Å². The Labute approximate surface area is 115 Å². The van der Waals surface area contributed by atoms with Crippen LogP contribution in [0.5, 0.6) is 0 Å². The lowest BCUT2D eigenvalue weighted by Gasteiger charge is -2.05. The van der Waals surface area contributed by atoms with Gasteiger partial charge in [-0.3, -0.25) is 0 Å². The Morgan fingerprint density at radius 3 is 2.71 bits per heavy atom. The van der Waals surface area contributed by atoms with E-state index in [1.165, 1.54) is 9.75 Å². The van der Waals surface area contributed by atoms with Gasteiger partial charge in [0.05, 0.1) is 5.75 Å². The van der Waals surface area contributed by atoms with E-state index in [4.69, 9.17) is 0 Å². The smallest absolute Gasteiger partial charge is 0.212 e. The van der Waals surface area contributed by atoms with Gasteiger partial charge in [0, 0.05) is 33.9 Å². The number of thiophene rings is 1. The fraction of sp³-hybridized carbons (Fsp3) is 0.600. The second-order valence-corrected chi connectivity index (χ2v) is 7.73. The molecule has 0 unspecified atom stereocenters. The number of halogens is 1. The van der Waals surface area contributed by atoms with E-state index in [1.54, 1.807) is 18.3 Å². The molecule has 2 N–H and O–H groups in total. The van der Waals surface area contributed by atoms with Crippen LogP contribution < -0.4 is 10.0 Å². The molecular formula is C10H17BrN2O2S2. The van der Waals surface area contributed by atoms with Gasteiger partial charge in [-0.25, -0.2) is 13.1 Å². The predicted molar refractivity (Wildman–Crippen MR) is 75.9 cm³/mol. The number of nitrogens with one attached hydrogen (secondary N) is 2. The lowest BCUT2D eigenvalue weighted by molar-refractivity contribution is 0.579. The summed E-state index contributed by atoms with van der Waals surface area (Å²) in [4.78, 5) is 2.44. The van der Waals surface area contributed by atoms with E-state index < -0.39 is 10.0 Å². The van der Waals surface area contributed by atoms with Crippen LogP contribution in [0.15, 0.2) is 10.5 Å². The summed E-state index contributed by atoms with van der Waals surface area (Å²) in [5.41, 5.74) is 0. The highest BCUT2D eigenvalue weighted by molar-refractivity contribution is 9.10. The van der Waals surface area contributed by atoms with Crippen molar-refractivity contribution in [2.45, 2.75) is 20.4 Å². The van der Waals surface area contributed by atoms with Gasteiger partial charge >= 0.3 is 0 Å². The summed E-state index contributed by atoms with van der Waals surface area (Å²) < 4.78 is 26.3. The van der Waals surface area contributed by atoms with Crippen LogP contribution in [0.1, 0.15) is 16.7 Å². The van der Waals surface area contributed by atoms with Crippen molar-refractivity contribution in [3.63, 3.8) is 0 Å². The summed E-state index contributed by atoms with van der Waals surface area (Å²) in [5, 5.41) is 3.13. The fourth-order valence-corrected chi connectivity index (χ4v) is 3.88. The van der Waals surface area contributed by atoms with Crippen LogP contribution >= 0.6 is 27.3 Å². The second kappa shape index (κ2) is 6.84. The molecule has 0 saturated carbocycles. The third-order valence-electron chi connectivity index (χ3n) is 2.12. The number of hydrogen-bond donors (Lipinski definition) is 2. The topological polar surface area (TPSA) is 58.2 Å². The lowest BCUT2D eigenvalue weighted by atomic mass is 10.4. The van der Waals surface area contributed by atoms with Gasteiger partial charge in [0.25, 0.3) is 0 Å². The first kappa shape index (κ1) is 15.1. The van der Waals surface area contributed by atoms with Gasteiger partial charge in [-0.15, -0.1) is 11.3 Å². The van der Waals surface area contributed by atoms with E-state index in [0.717, 1.165) is 4.47 Å². The molecule has 98 valence electrons. The number of rotatable bonds is 7. The normalized spacial score (nSPS) is 11.9. The highest BCUT2D eigenvalue weighted by Gasteiger charge is 2.07. The standard InChI is InChI=1S/C10H17BrN2O2S2/c1-3-13-17(14,15)5-4-12-7-9-6-10(11)8(2)16-9/h6,12-13H,3-5,7H2,1-2H3. The minimum absolute atomic E-state index is 0.117. The maximum atomic E-state index is 11.3. The highest BCUT2D eigenvalue weighted by Crippen LogP contribution is 2.25. The van der Waals surface area contributed by atoms with Crippen LogP contribution in [0.2, 0.25) is 0 Å². The first-order valence-corrected chi connectivity index (χ1v) is 8.63. The van der Waals surface area contributed by atoms with Crippen molar-refractivity contribution in [1.29, 1.82) is 0 Å². The van der Waals surface area contributed by atoms with Crippen molar-refractivity contribution >= 4 is 37.3 Å². The molecule has 1 aromatic rings. The molecule has 7 heteroatoms. The van der Waals surface area contributed by atoms with E-state index in [2.05, 4.69) is 32.0 Å². The van der Waals surface area contributed by atoms with E-state index >= 15 is 0 Å². The van der Waals surface area contributed by atoms with Gasteiger partial charge < -0.3 is 5.32 Å². The van der Waals surface area contributed by atoms with Crippen molar-refractivity contribution in [2.24, 2.45) is 0 Å². The molecular weight excluding hydrogens is 324 g/mol. The number of aryl methyl sites for hydroxylation is 1. The molecule has 0 radical (unpaired) electrons. The van der Waals surface area contributed by atoms with E-state index in [1.807, 2.05) is 6.92 Å². The Bertz CT molecular complexity index is 437. The quantitative estimate of drug-likeness (QED) is 0.744. The molecule has 0 aliphatic rings. The summed E-state index contributed by atoms with van der Waals surface area (Å²) in [6.45, 7) is 5.44. The average Bonchev–Trinajstić information content (AvgIpc) is 2.53. The number of hydrogen-bond acceptors (Lipinski definition) is 4. The summed E-state index contributed by atoms with van der Waals surface area (Å²) in [6, 6.07) is 2.06. The zero-order valence-electron chi connectivity index (χ0n) is 9.92. The van der Waals surface area contributed by atoms with Crippen molar-refractivity contribution in [2.75, 3.05) is 18.8 Å². The predicted octanol–water partition coefficient (Wildman–Crippen LogP) is 1.85. The molecule has 0 saturated heterocycles. The summed E-state index contributed by atoms with van der Waals surface area (Å²) in [5.74, 6) is 0.117. The maximum Gasteiger partial charge on any atom is 0.212 e. The van der Waals surface area contributed by atoms with Crippen molar-refractivity contribution < 1.29 is 8.42 Å². The Hall–Kier alpha value is 0.0500. The zero-order chi connectivity index (χ0) is 12.9. The van der Waals surface area contributed by atoms with Crippen molar-refractivity contribution in [3.8, 4) is 0 Å². The molecule has 1 aromatic heterocycles. The molecule has 17 heavy (non-hydrogen) atoms. The molecule has 0 aliphatic carbocycles. The highest BCUT2D eigenvalue weighted by atomic mass is 79.9. The van der Waals surface area contributed by atoms with Crippen molar-refractivity contribution in [1.82, 2.24) is 10.0 Å². The fourth-order valence-electron chi connectivity index (χ4n) is 1.32. The molecule has 4 nitrogen and oxygen atoms in total. The van der Waals surface area contributed by atoms with Crippen LogP contribution in [0.3, 0.4) is 0 Å². The van der Waals surface area contributed by atoms with Gasteiger partial charge in [-0.2, -0.15) is 0 Å². The van der Waals surface area contributed by atoms with E-state index in [0.29, 0.717) is 19.6 Å². The first-order valence-electron chi connectivity index (χ1n) is 5.37. The molecule has 0 bridgehead atoms. The molecule has 0 amide bonds. The molecule has 0 aliphatic heterocycles. The summed E-state index contributed by atoms with van der Waals surface area (Å²) >= 11 is 5.16. The van der Waals surface area contributed by atoms with Crippen LogP contribution in [-0.4, -0.2) is 27.3 Å². The van der Waals surface area contributed by atoms with Crippen LogP contribution in [0.25, 0.3) is 0 Å². The van der Waals surface area contributed by atoms with Gasteiger partial charge in [0.2, 0.25) is 10.0 Å². The Morgan fingerprint density at radius 1 is 1.47 bits per heavy atom. The number of sulfonamides is 1. The van der Waals surface area contributed by atoms with Gasteiger partial charge in [-0.1, -0.05) is 6.92 Å². The zero-order valence-corrected chi connectivity index (χ0v) is 13.1. The third-order valence-corrected chi connectivity index (χ3v) is 5.73. The molecule has 1 heterocycles. The van der Waals surface area contributed by atoms with Gasteiger partial charge in [0.15, 0.2) is 0 Å². The largest absolute Gasteiger partial charge is 0.311 e. The summed E-state index contributed by atoms with van der Waals surface area (Å²) in [7, 11) is -3.11. The minimum atomic E-state index is -3.11. The second-order valence-electron chi connectivity index (χ2n) is 3.61. The van der Waals surface area contributed by atoms with Crippen LogP contribution in [-0.2, 0) is 16.6 Å². The lowest BCUT2D eigenvalue weighted by Crippen LogP contribution is -2.31. The Balaban J connectivity index is 2.29. The third kappa shape index (κ3) is 5.48. The van der Waals surface area contributed by atoms with Gasteiger partial charge in [0.1, 0.15) is 0 Å². The van der Waals surface area contributed by atoms with Crippen LogP contribution in [0.4, 0.5) is 0 Å². The molecule has 0 atom stereocenters. The van der Waals surface area contributed by atoms with E-state index in [-0.39, 0.29) is 5.75 Å². The Morgan fingerprint density at radius 2 is 2.18 bits per heavy atom. The van der Waals surface area contributed by atoms with Crippen molar-refractivity contribution in [3.05, 3.63) is 20.3 Å². The first-order chi connectivity index (χ1) is 7.94. The minimum Gasteiger partial charge on any atom is -0.311 e. The monoisotopic (exact) mass is 340 g/mol. The van der Waals surface area contributed by atoms with Gasteiger partial charge in [-0.05, 0) is 28.9 Å². The SMILES string of the molecule is CCNS(=O)(=O)CCNCc1cc(Br)c(C)s1. The molecule has 0 fully saturated rings. The molecule has 0 spiro atoms. The van der Waals surface area contributed by atoms with E-state index in [9.17, 15) is 8.42 Å². The Kier molecular flexibility index (Phi) is 6.08. The molecule has 1 rings (SSSR count). The molecule has 0 aromatic carbocycles.